The van der Waals surface area contributed by atoms with Gasteiger partial charge in [0.2, 0.25) is 0 Å². The van der Waals surface area contributed by atoms with E-state index in [4.69, 9.17) is 27.9 Å². The van der Waals surface area contributed by atoms with Gasteiger partial charge in [0.25, 0.3) is 0 Å². The Morgan fingerprint density at radius 1 is 1.11 bits per heavy atom. The van der Waals surface area contributed by atoms with Gasteiger partial charge in [-0.3, -0.25) is 9.59 Å². The molecular formula is C19H19Cl2N3O3. The summed E-state index contributed by atoms with van der Waals surface area (Å²) in [5.74, 6) is -0.898. The van der Waals surface area contributed by atoms with Crippen LogP contribution < -0.4 is 15.5 Å². The maximum atomic E-state index is 11.5. The molecule has 0 fully saturated rings. The van der Waals surface area contributed by atoms with Gasteiger partial charge < -0.3 is 10.1 Å². The Labute approximate surface area is 167 Å². The lowest BCUT2D eigenvalue weighted by molar-refractivity contribution is -0.139. The lowest BCUT2D eigenvalue weighted by atomic mass is 10.2. The van der Waals surface area contributed by atoms with E-state index in [1.165, 1.54) is 6.21 Å². The molecule has 0 aliphatic carbocycles. The number of halogens is 2. The number of nitrogens with zero attached hydrogens (tertiary/aromatic N) is 1. The van der Waals surface area contributed by atoms with Gasteiger partial charge in [-0.05, 0) is 55.8 Å². The van der Waals surface area contributed by atoms with Gasteiger partial charge in [0.1, 0.15) is 12.4 Å². The largest absolute Gasteiger partial charge is 0.489 e. The number of carbonyl (C=O) groups excluding carboxylic acids is 2. The Morgan fingerprint density at radius 3 is 2.44 bits per heavy atom. The molecule has 0 heterocycles. The topological polar surface area (TPSA) is 79.8 Å². The van der Waals surface area contributed by atoms with Crippen molar-refractivity contribution in [3.05, 3.63) is 63.6 Å². The van der Waals surface area contributed by atoms with Crippen LogP contribution in [0.2, 0.25) is 10.0 Å². The minimum Gasteiger partial charge on any atom is -0.489 e. The Kier molecular flexibility index (Phi) is 7.64. The number of hydrogen-bond donors (Lipinski definition) is 2. The third kappa shape index (κ3) is 6.92. The molecule has 0 saturated carbocycles. The Hall–Kier alpha value is -2.57. The van der Waals surface area contributed by atoms with Gasteiger partial charge in [-0.1, -0.05) is 29.3 Å². The van der Waals surface area contributed by atoms with E-state index in [0.717, 1.165) is 11.1 Å². The number of amides is 2. The average Bonchev–Trinajstić information content (AvgIpc) is 2.61. The first kappa shape index (κ1) is 20.7. The standard InChI is InChI=1S/C19H19Cl2N3O3/c1-12(2)23-18(25)19(26)24-22-10-13-3-7-16(8-4-13)27-11-14-5-6-15(20)9-17(14)21/h3-10,12H,11H2,1-2H3,(H,23,25)(H,24,26)/b22-10-. The molecule has 27 heavy (non-hydrogen) atoms. The maximum absolute atomic E-state index is 11.5. The molecule has 0 atom stereocenters. The van der Waals surface area contributed by atoms with Crippen molar-refractivity contribution in [2.45, 2.75) is 26.5 Å². The van der Waals surface area contributed by atoms with Crippen LogP contribution in [-0.2, 0) is 16.2 Å². The van der Waals surface area contributed by atoms with Crippen molar-refractivity contribution in [1.82, 2.24) is 10.7 Å². The molecule has 2 aromatic rings. The lowest BCUT2D eigenvalue weighted by Gasteiger charge is -2.08. The summed E-state index contributed by atoms with van der Waals surface area (Å²) >= 11 is 12.0. The van der Waals surface area contributed by atoms with E-state index < -0.39 is 11.8 Å². The first-order valence-corrected chi connectivity index (χ1v) is 8.91. The molecule has 2 aromatic carbocycles. The molecule has 0 saturated heterocycles. The molecule has 6 nitrogen and oxygen atoms in total. The van der Waals surface area contributed by atoms with Crippen LogP contribution in [0.1, 0.15) is 25.0 Å². The second-order valence-electron chi connectivity index (χ2n) is 5.92. The van der Waals surface area contributed by atoms with E-state index >= 15 is 0 Å². The Bertz CT molecular complexity index is 837. The van der Waals surface area contributed by atoms with Crippen LogP contribution in [0.5, 0.6) is 5.75 Å². The summed E-state index contributed by atoms with van der Waals surface area (Å²) in [6.07, 6.45) is 1.43. The van der Waals surface area contributed by atoms with E-state index in [2.05, 4.69) is 15.8 Å². The molecule has 0 radical (unpaired) electrons. The number of hydrogen-bond acceptors (Lipinski definition) is 4. The van der Waals surface area contributed by atoms with Crippen molar-refractivity contribution in [3.63, 3.8) is 0 Å². The number of rotatable bonds is 6. The zero-order valence-electron chi connectivity index (χ0n) is 14.8. The minimum atomic E-state index is -0.820. The summed E-state index contributed by atoms with van der Waals surface area (Å²) in [4.78, 5) is 23.0. The summed E-state index contributed by atoms with van der Waals surface area (Å²) in [5, 5.41) is 7.35. The quantitative estimate of drug-likeness (QED) is 0.436. The highest BCUT2D eigenvalue weighted by Gasteiger charge is 2.12. The van der Waals surface area contributed by atoms with Crippen molar-refractivity contribution < 1.29 is 14.3 Å². The number of hydrazone groups is 1. The molecule has 0 aliphatic rings. The third-order valence-corrected chi connectivity index (χ3v) is 3.88. The normalized spacial score (nSPS) is 10.9. The summed E-state index contributed by atoms with van der Waals surface area (Å²) in [6.45, 7) is 3.84. The number of benzene rings is 2. The highest BCUT2D eigenvalue weighted by atomic mass is 35.5. The van der Waals surface area contributed by atoms with E-state index in [9.17, 15) is 9.59 Å². The van der Waals surface area contributed by atoms with Gasteiger partial charge in [-0.15, -0.1) is 0 Å². The van der Waals surface area contributed by atoms with Crippen LogP contribution in [0.4, 0.5) is 0 Å². The fourth-order valence-corrected chi connectivity index (χ4v) is 2.46. The maximum Gasteiger partial charge on any atom is 0.329 e. The molecule has 0 aromatic heterocycles. The van der Waals surface area contributed by atoms with E-state index in [1.807, 2.05) is 6.07 Å². The first-order chi connectivity index (χ1) is 12.8. The van der Waals surface area contributed by atoms with Crippen molar-refractivity contribution in [3.8, 4) is 5.75 Å². The van der Waals surface area contributed by atoms with E-state index in [-0.39, 0.29) is 6.04 Å². The smallest absolute Gasteiger partial charge is 0.329 e. The van der Waals surface area contributed by atoms with E-state index in [1.54, 1.807) is 50.2 Å². The van der Waals surface area contributed by atoms with Crippen molar-refractivity contribution in [2.24, 2.45) is 5.10 Å². The molecule has 0 aliphatic heterocycles. The fourth-order valence-electron chi connectivity index (χ4n) is 1.99. The summed E-state index contributed by atoms with van der Waals surface area (Å²) in [6, 6.07) is 12.2. The first-order valence-electron chi connectivity index (χ1n) is 8.16. The molecule has 2 amide bonds. The molecule has 8 heteroatoms. The van der Waals surface area contributed by atoms with Gasteiger partial charge >= 0.3 is 11.8 Å². The Morgan fingerprint density at radius 2 is 1.81 bits per heavy atom. The monoisotopic (exact) mass is 407 g/mol. The molecule has 142 valence electrons. The van der Waals surface area contributed by atoms with Gasteiger partial charge in [-0.2, -0.15) is 5.10 Å². The highest BCUT2D eigenvalue weighted by molar-refractivity contribution is 6.35. The predicted molar refractivity (Wildman–Crippen MR) is 106 cm³/mol. The lowest BCUT2D eigenvalue weighted by Crippen LogP contribution is -2.41. The summed E-state index contributed by atoms with van der Waals surface area (Å²) in [7, 11) is 0. The molecule has 0 spiro atoms. The molecule has 2 rings (SSSR count). The predicted octanol–water partition coefficient (Wildman–Crippen LogP) is 3.55. The average molecular weight is 408 g/mol. The highest BCUT2D eigenvalue weighted by Crippen LogP contribution is 2.22. The molecular weight excluding hydrogens is 389 g/mol. The van der Waals surface area contributed by atoms with Crippen LogP contribution in [0.25, 0.3) is 0 Å². The zero-order valence-corrected chi connectivity index (χ0v) is 16.3. The second kappa shape index (κ2) is 9.94. The van der Waals surface area contributed by atoms with Gasteiger partial charge in [-0.25, -0.2) is 5.43 Å². The number of carbonyl (C=O) groups is 2. The SMILES string of the molecule is CC(C)NC(=O)C(=O)N/N=C\c1ccc(OCc2ccc(Cl)cc2Cl)cc1. The van der Waals surface area contributed by atoms with Crippen molar-refractivity contribution >= 4 is 41.2 Å². The van der Waals surface area contributed by atoms with Crippen molar-refractivity contribution in [2.75, 3.05) is 0 Å². The summed E-state index contributed by atoms with van der Waals surface area (Å²) in [5.41, 5.74) is 3.73. The van der Waals surface area contributed by atoms with Crippen LogP contribution in [0.3, 0.4) is 0 Å². The van der Waals surface area contributed by atoms with Crippen LogP contribution in [-0.4, -0.2) is 24.1 Å². The van der Waals surface area contributed by atoms with Gasteiger partial charge in [0.05, 0.1) is 6.21 Å². The third-order valence-electron chi connectivity index (χ3n) is 3.30. The zero-order chi connectivity index (χ0) is 19.8. The fraction of sp³-hybridized carbons (Fsp3) is 0.211. The molecule has 2 N–H and O–H groups in total. The molecule has 0 unspecified atom stereocenters. The van der Waals surface area contributed by atoms with Crippen LogP contribution in [0.15, 0.2) is 47.6 Å². The second-order valence-corrected chi connectivity index (χ2v) is 6.76. The minimum absolute atomic E-state index is 0.123. The molecule has 0 bridgehead atoms. The van der Waals surface area contributed by atoms with Crippen LogP contribution in [0, 0.1) is 0 Å². The van der Waals surface area contributed by atoms with Gasteiger partial charge in [0, 0.05) is 21.7 Å². The van der Waals surface area contributed by atoms with Crippen molar-refractivity contribution in [1.29, 1.82) is 0 Å². The number of nitrogens with one attached hydrogen (secondary N) is 2. The van der Waals surface area contributed by atoms with E-state index in [0.29, 0.717) is 22.4 Å². The summed E-state index contributed by atoms with van der Waals surface area (Å²) < 4.78 is 5.68. The van der Waals surface area contributed by atoms with Crippen LogP contribution >= 0.6 is 23.2 Å². The Balaban J connectivity index is 1.85. The number of ether oxygens (including phenoxy) is 1. The van der Waals surface area contributed by atoms with Gasteiger partial charge in [0.15, 0.2) is 0 Å².